The number of ether oxygens (including phenoxy) is 1. The molecule has 2 atom stereocenters. The number of carboxylic acids is 1. The minimum atomic E-state index is -1.07. The van der Waals surface area contributed by atoms with E-state index in [1.807, 2.05) is 0 Å². The first-order valence-corrected chi connectivity index (χ1v) is 8.02. The van der Waals surface area contributed by atoms with E-state index in [1.165, 1.54) is 6.07 Å². The highest BCUT2D eigenvalue weighted by molar-refractivity contribution is 5.98. The van der Waals surface area contributed by atoms with Crippen molar-refractivity contribution in [3.8, 4) is 0 Å². The van der Waals surface area contributed by atoms with Crippen molar-refractivity contribution in [1.29, 1.82) is 0 Å². The number of carbonyl (C=O) groups is 3. The highest BCUT2D eigenvalue weighted by Gasteiger charge is 2.31. The van der Waals surface area contributed by atoms with E-state index in [1.54, 1.807) is 25.1 Å². The van der Waals surface area contributed by atoms with Crippen molar-refractivity contribution in [2.45, 2.75) is 32.2 Å². The number of amides is 2. The molecule has 3 N–H and O–H groups in total. The van der Waals surface area contributed by atoms with Crippen LogP contribution in [0.1, 0.15) is 36.5 Å². The number of hydrogen-bond donors (Lipinski definition) is 3. The van der Waals surface area contributed by atoms with Crippen LogP contribution in [0.25, 0.3) is 0 Å². The van der Waals surface area contributed by atoms with Gasteiger partial charge in [-0.3, -0.25) is 9.59 Å². The highest BCUT2D eigenvalue weighted by atomic mass is 16.5. The monoisotopic (exact) mass is 334 g/mol. The molecule has 1 aromatic carbocycles. The molecular formula is C17H22N2O5. The Morgan fingerprint density at radius 1 is 1.38 bits per heavy atom. The Hall–Kier alpha value is -2.41. The Bertz CT molecular complexity index is 611. The van der Waals surface area contributed by atoms with Gasteiger partial charge in [-0.25, -0.2) is 4.79 Å². The summed E-state index contributed by atoms with van der Waals surface area (Å²) in [5, 5.41) is 14.6. The second-order valence-corrected chi connectivity index (χ2v) is 5.75. The second kappa shape index (κ2) is 8.44. The zero-order chi connectivity index (χ0) is 17.5. The summed E-state index contributed by atoms with van der Waals surface area (Å²) in [5.74, 6) is -1.96. The van der Waals surface area contributed by atoms with Crippen LogP contribution >= 0.6 is 0 Å². The lowest BCUT2D eigenvalue weighted by Gasteiger charge is -2.28. The van der Waals surface area contributed by atoms with Crippen molar-refractivity contribution in [2.24, 2.45) is 5.92 Å². The summed E-state index contributed by atoms with van der Waals surface area (Å²) in [4.78, 5) is 35.3. The van der Waals surface area contributed by atoms with E-state index in [9.17, 15) is 19.5 Å². The molecule has 1 heterocycles. The molecule has 0 bridgehead atoms. The van der Waals surface area contributed by atoms with Crippen molar-refractivity contribution in [1.82, 2.24) is 5.32 Å². The average Bonchev–Trinajstić information content (AvgIpc) is 2.60. The molecule has 2 amide bonds. The smallest absolute Gasteiger partial charge is 0.326 e. The van der Waals surface area contributed by atoms with Gasteiger partial charge < -0.3 is 20.5 Å². The van der Waals surface area contributed by atoms with E-state index in [0.717, 1.165) is 6.42 Å². The molecule has 0 aromatic heterocycles. The van der Waals surface area contributed by atoms with E-state index in [4.69, 9.17) is 4.74 Å². The zero-order valence-corrected chi connectivity index (χ0v) is 13.6. The van der Waals surface area contributed by atoms with Crippen LogP contribution in [0.2, 0.25) is 0 Å². The summed E-state index contributed by atoms with van der Waals surface area (Å²) in [5.41, 5.74) is 0.800. The molecule has 7 nitrogen and oxygen atoms in total. The van der Waals surface area contributed by atoms with Crippen LogP contribution in [0.3, 0.4) is 0 Å². The van der Waals surface area contributed by atoms with Gasteiger partial charge in [0.05, 0.1) is 6.61 Å². The van der Waals surface area contributed by atoms with Gasteiger partial charge in [-0.2, -0.15) is 0 Å². The highest BCUT2D eigenvalue weighted by Crippen LogP contribution is 2.19. The molecule has 0 saturated carbocycles. The van der Waals surface area contributed by atoms with Crippen molar-refractivity contribution < 1.29 is 24.2 Å². The molecule has 130 valence electrons. The number of carbonyl (C=O) groups excluding carboxylic acids is 2. The SMILES string of the molecule is CCC(=O)Nc1cccc(C(=O)NC(C(=O)O)C2CCCOC2)c1. The van der Waals surface area contributed by atoms with E-state index >= 15 is 0 Å². The Balaban J connectivity index is 2.07. The summed E-state index contributed by atoms with van der Waals surface area (Å²) >= 11 is 0. The molecule has 1 saturated heterocycles. The van der Waals surface area contributed by atoms with Crippen molar-refractivity contribution in [2.75, 3.05) is 18.5 Å². The molecule has 1 fully saturated rings. The van der Waals surface area contributed by atoms with Crippen LogP contribution in [0.4, 0.5) is 5.69 Å². The fourth-order valence-corrected chi connectivity index (χ4v) is 2.62. The van der Waals surface area contributed by atoms with Crippen molar-refractivity contribution in [3.63, 3.8) is 0 Å². The first kappa shape index (κ1) is 17.9. The largest absolute Gasteiger partial charge is 0.480 e. The third-order valence-corrected chi connectivity index (χ3v) is 3.95. The predicted octanol–water partition coefficient (Wildman–Crippen LogP) is 1.64. The molecular weight excluding hydrogens is 312 g/mol. The maximum absolute atomic E-state index is 12.4. The molecule has 1 aliphatic rings. The lowest BCUT2D eigenvalue weighted by atomic mass is 9.93. The van der Waals surface area contributed by atoms with Crippen LogP contribution in [-0.2, 0) is 14.3 Å². The lowest BCUT2D eigenvalue weighted by molar-refractivity contribution is -0.142. The minimum Gasteiger partial charge on any atom is -0.480 e. The van der Waals surface area contributed by atoms with Crippen LogP contribution < -0.4 is 10.6 Å². The first-order valence-electron chi connectivity index (χ1n) is 8.02. The van der Waals surface area contributed by atoms with Crippen LogP contribution in [0.15, 0.2) is 24.3 Å². The molecule has 1 aromatic rings. The lowest BCUT2D eigenvalue weighted by Crippen LogP contribution is -2.48. The zero-order valence-electron chi connectivity index (χ0n) is 13.6. The number of aliphatic carboxylic acids is 1. The molecule has 7 heteroatoms. The van der Waals surface area contributed by atoms with E-state index in [-0.39, 0.29) is 11.8 Å². The number of carboxylic acid groups (broad SMARTS) is 1. The maximum atomic E-state index is 12.4. The van der Waals surface area contributed by atoms with Gasteiger partial charge >= 0.3 is 5.97 Å². The minimum absolute atomic E-state index is 0.157. The van der Waals surface area contributed by atoms with Gasteiger partial charge in [0.25, 0.3) is 5.91 Å². The van der Waals surface area contributed by atoms with Gasteiger partial charge in [0.1, 0.15) is 6.04 Å². The fourth-order valence-electron chi connectivity index (χ4n) is 2.62. The normalized spacial score (nSPS) is 18.5. The van der Waals surface area contributed by atoms with Crippen LogP contribution in [0.5, 0.6) is 0 Å². The Labute approximate surface area is 140 Å². The first-order chi connectivity index (χ1) is 11.5. The average molecular weight is 334 g/mol. The number of anilines is 1. The summed E-state index contributed by atoms with van der Waals surface area (Å²) in [6.07, 6.45) is 1.81. The summed E-state index contributed by atoms with van der Waals surface area (Å²) in [7, 11) is 0. The van der Waals surface area contributed by atoms with E-state index in [0.29, 0.717) is 37.3 Å². The number of rotatable bonds is 6. The van der Waals surface area contributed by atoms with Gasteiger partial charge in [0.15, 0.2) is 0 Å². The third kappa shape index (κ3) is 4.79. The molecule has 0 radical (unpaired) electrons. The van der Waals surface area contributed by atoms with Crippen LogP contribution in [0, 0.1) is 5.92 Å². The third-order valence-electron chi connectivity index (χ3n) is 3.95. The van der Waals surface area contributed by atoms with Gasteiger partial charge in [-0.1, -0.05) is 13.0 Å². The summed E-state index contributed by atoms with van der Waals surface area (Å²) in [6.45, 7) is 2.68. The summed E-state index contributed by atoms with van der Waals surface area (Å²) in [6, 6.07) is 5.42. The van der Waals surface area contributed by atoms with Gasteiger partial charge in [0, 0.05) is 30.2 Å². The molecule has 0 spiro atoms. The topological polar surface area (TPSA) is 105 Å². The molecule has 0 aliphatic carbocycles. The second-order valence-electron chi connectivity index (χ2n) is 5.75. The quantitative estimate of drug-likeness (QED) is 0.733. The van der Waals surface area contributed by atoms with Gasteiger partial charge in [-0.15, -0.1) is 0 Å². The number of benzene rings is 1. The molecule has 2 rings (SSSR count). The fraction of sp³-hybridized carbons (Fsp3) is 0.471. The Kier molecular flexibility index (Phi) is 6.31. The summed E-state index contributed by atoms with van der Waals surface area (Å²) < 4.78 is 5.31. The van der Waals surface area contributed by atoms with Gasteiger partial charge in [0.2, 0.25) is 5.91 Å². The van der Waals surface area contributed by atoms with Crippen molar-refractivity contribution >= 4 is 23.5 Å². The Morgan fingerprint density at radius 2 is 2.17 bits per heavy atom. The van der Waals surface area contributed by atoms with Gasteiger partial charge in [-0.05, 0) is 31.0 Å². The standard InChI is InChI=1S/C17H22N2O5/c1-2-14(20)18-13-7-3-5-11(9-13)16(21)19-15(17(22)23)12-6-4-8-24-10-12/h3,5,7,9,12,15H,2,4,6,8,10H2,1H3,(H,18,20)(H,19,21)(H,22,23). The number of hydrogen-bond acceptors (Lipinski definition) is 4. The predicted molar refractivity (Wildman–Crippen MR) is 87.8 cm³/mol. The maximum Gasteiger partial charge on any atom is 0.326 e. The van der Waals surface area contributed by atoms with E-state index in [2.05, 4.69) is 10.6 Å². The van der Waals surface area contributed by atoms with Crippen molar-refractivity contribution in [3.05, 3.63) is 29.8 Å². The Morgan fingerprint density at radius 3 is 2.79 bits per heavy atom. The number of nitrogens with one attached hydrogen (secondary N) is 2. The van der Waals surface area contributed by atoms with E-state index < -0.39 is 17.9 Å². The molecule has 2 unspecified atom stereocenters. The molecule has 1 aliphatic heterocycles. The molecule has 24 heavy (non-hydrogen) atoms. The van der Waals surface area contributed by atoms with Crippen LogP contribution in [-0.4, -0.2) is 42.1 Å².